The molecule has 0 atom stereocenters. The SMILES string of the molecule is Cc1ccoc1CNC1(CO)CC1. The van der Waals surface area contributed by atoms with Crippen LogP contribution < -0.4 is 5.32 Å². The van der Waals surface area contributed by atoms with Gasteiger partial charge in [0.2, 0.25) is 0 Å². The van der Waals surface area contributed by atoms with Crippen molar-refractivity contribution >= 4 is 0 Å². The van der Waals surface area contributed by atoms with E-state index in [-0.39, 0.29) is 12.1 Å². The molecule has 0 bridgehead atoms. The van der Waals surface area contributed by atoms with Crippen LogP contribution in [0.2, 0.25) is 0 Å². The van der Waals surface area contributed by atoms with Crippen molar-refractivity contribution in [1.29, 1.82) is 0 Å². The molecule has 1 heterocycles. The second-order valence-electron chi connectivity index (χ2n) is 3.82. The molecule has 1 aromatic heterocycles. The van der Waals surface area contributed by atoms with E-state index in [2.05, 4.69) is 5.32 Å². The first kappa shape index (κ1) is 8.78. The van der Waals surface area contributed by atoms with E-state index in [4.69, 9.17) is 9.52 Å². The molecule has 1 aliphatic rings. The van der Waals surface area contributed by atoms with Crippen molar-refractivity contribution in [3.8, 4) is 0 Å². The van der Waals surface area contributed by atoms with Crippen LogP contribution in [-0.2, 0) is 6.54 Å². The largest absolute Gasteiger partial charge is 0.468 e. The Kier molecular flexibility index (Phi) is 2.14. The van der Waals surface area contributed by atoms with Crippen LogP contribution in [-0.4, -0.2) is 17.3 Å². The lowest BCUT2D eigenvalue weighted by Crippen LogP contribution is -2.34. The highest BCUT2D eigenvalue weighted by Gasteiger charge is 2.41. The molecule has 0 amide bonds. The van der Waals surface area contributed by atoms with E-state index >= 15 is 0 Å². The molecule has 0 spiro atoms. The van der Waals surface area contributed by atoms with E-state index in [9.17, 15) is 0 Å². The first-order chi connectivity index (χ1) is 6.26. The number of aliphatic hydroxyl groups is 1. The Labute approximate surface area is 77.8 Å². The summed E-state index contributed by atoms with van der Waals surface area (Å²) in [4.78, 5) is 0. The molecule has 0 unspecified atom stereocenters. The van der Waals surface area contributed by atoms with E-state index in [1.54, 1.807) is 6.26 Å². The van der Waals surface area contributed by atoms with Gasteiger partial charge in [-0.2, -0.15) is 0 Å². The van der Waals surface area contributed by atoms with E-state index in [0.717, 1.165) is 25.1 Å². The van der Waals surface area contributed by atoms with Crippen LogP contribution >= 0.6 is 0 Å². The standard InChI is InChI=1S/C10H15NO2/c1-8-2-5-13-9(8)6-11-10(7-12)3-4-10/h2,5,11-12H,3-4,6-7H2,1H3. The predicted octanol–water partition coefficient (Wildman–Crippen LogP) is 1.20. The molecule has 0 radical (unpaired) electrons. The van der Waals surface area contributed by atoms with Crippen molar-refractivity contribution in [2.45, 2.75) is 31.8 Å². The average Bonchev–Trinajstić information content (AvgIpc) is 2.82. The third-order valence-electron chi connectivity index (χ3n) is 2.75. The molecule has 0 aromatic carbocycles. The monoisotopic (exact) mass is 181 g/mol. The molecule has 0 aliphatic heterocycles. The quantitative estimate of drug-likeness (QED) is 0.733. The average molecular weight is 181 g/mol. The first-order valence-corrected chi connectivity index (χ1v) is 4.65. The number of aryl methyl sites for hydroxylation is 1. The molecule has 1 aromatic rings. The molecular formula is C10H15NO2. The Balaban J connectivity index is 1.90. The lowest BCUT2D eigenvalue weighted by Gasteiger charge is -2.12. The molecule has 0 saturated heterocycles. The van der Waals surface area contributed by atoms with Gasteiger partial charge in [0.25, 0.3) is 0 Å². The zero-order valence-corrected chi connectivity index (χ0v) is 7.84. The molecule has 1 aliphatic carbocycles. The van der Waals surface area contributed by atoms with Gasteiger partial charge in [0, 0.05) is 5.54 Å². The summed E-state index contributed by atoms with van der Waals surface area (Å²) >= 11 is 0. The van der Waals surface area contributed by atoms with Gasteiger partial charge in [-0.3, -0.25) is 0 Å². The van der Waals surface area contributed by atoms with Crippen molar-refractivity contribution in [3.05, 3.63) is 23.7 Å². The number of aliphatic hydroxyl groups excluding tert-OH is 1. The van der Waals surface area contributed by atoms with Crippen molar-refractivity contribution in [3.63, 3.8) is 0 Å². The maximum absolute atomic E-state index is 9.06. The van der Waals surface area contributed by atoms with Gasteiger partial charge >= 0.3 is 0 Å². The summed E-state index contributed by atoms with van der Waals surface area (Å²) in [7, 11) is 0. The zero-order chi connectivity index (χ0) is 9.31. The van der Waals surface area contributed by atoms with Gasteiger partial charge < -0.3 is 14.8 Å². The van der Waals surface area contributed by atoms with Crippen LogP contribution in [0.4, 0.5) is 0 Å². The molecule has 3 heteroatoms. The van der Waals surface area contributed by atoms with Gasteiger partial charge in [0.15, 0.2) is 0 Å². The minimum absolute atomic E-state index is 0.000764. The summed E-state index contributed by atoms with van der Waals surface area (Å²) in [6, 6.07) is 1.95. The van der Waals surface area contributed by atoms with Crippen LogP contribution in [0, 0.1) is 6.92 Å². The topological polar surface area (TPSA) is 45.4 Å². The second-order valence-corrected chi connectivity index (χ2v) is 3.82. The highest BCUT2D eigenvalue weighted by molar-refractivity contribution is 5.15. The minimum atomic E-state index is -0.000764. The molecule has 13 heavy (non-hydrogen) atoms. The van der Waals surface area contributed by atoms with E-state index in [0.29, 0.717) is 0 Å². The van der Waals surface area contributed by atoms with Crippen molar-refractivity contribution < 1.29 is 9.52 Å². The summed E-state index contributed by atoms with van der Waals surface area (Å²) in [5, 5.41) is 12.4. The third kappa shape index (κ3) is 1.76. The Morgan fingerprint density at radius 1 is 1.62 bits per heavy atom. The fourth-order valence-electron chi connectivity index (χ4n) is 1.39. The molecule has 1 saturated carbocycles. The van der Waals surface area contributed by atoms with Gasteiger partial charge in [-0.1, -0.05) is 0 Å². The molecule has 3 nitrogen and oxygen atoms in total. The van der Waals surface area contributed by atoms with Crippen LogP contribution in [0.5, 0.6) is 0 Å². The summed E-state index contributed by atoms with van der Waals surface area (Å²) in [6.07, 6.45) is 3.84. The minimum Gasteiger partial charge on any atom is -0.468 e. The zero-order valence-electron chi connectivity index (χ0n) is 7.84. The van der Waals surface area contributed by atoms with Gasteiger partial charge in [-0.05, 0) is 31.4 Å². The van der Waals surface area contributed by atoms with E-state index in [1.165, 1.54) is 5.56 Å². The second kappa shape index (κ2) is 3.16. The Morgan fingerprint density at radius 3 is 2.85 bits per heavy atom. The maximum atomic E-state index is 9.06. The van der Waals surface area contributed by atoms with Gasteiger partial charge in [0.05, 0.1) is 19.4 Å². The smallest absolute Gasteiger partial charge is 0.120 e. The van der Waals surface area contributed by atoms with Crippen LogP contribution in [0.25, 0.3) is 0 Å². The molecule has 2 rings (SSSR count). The maximum Gasteiger partial charge on any atom is 0.120 e. The first-order valence-electron chi connectivity index (χ1n) is 4.65. The molecule has 1 fully saturated rings. The number of nitrogens with one attached hydrogen (secondary N) is 1. The van der Waals surface area contributed by atoms with Crippen LogP contribution in [0.1, 0.15) is 24.2 Å². The fraction of sp³-hybridized carbons (Fsp3) is 0.600. The Bertz CT molecular complexity index is 289. The summed E-state index contributed by atoms with van der Waals surface area (Å²) in [6.45, 7) is 2.98. The van der Waals surface area contributed by atoms with E-state index < -0.39 is 0 Å². The lowest BCUT2D eigenvalue weighted by atomic mass is 10.2. The Morgan fingerprint density at radius 2 is 2.38 bits per heavy atom. The van der Waals surface area contributed by atoms with Crippen molar-refractivity contribution in [1.82, 2.24) is 5.32 Å². The highest BCUT2D eigenvalue weighted by Crippen LogP contribution is 2.34. The molecule has 72 valence electrons. The summed E-state index contributed by atoms with van der Waals surface area (Å²) in [5.74, 6) is 0.972. The number of rotatable bonds is 4. The fourth-order valence-corrected chi connectivity index (χ4v) is 1.39. The summed E-state index contributed by atoms with van der Waals surface area (Å²) < 4.78 is 5.29. The normalized spacial score (nSPS) is 18.9. The number of hydrogen-bond acceptors (Lipinski definition) is 3. The summed E-state index contributed by atoms with van der Waals surface area (Å²) in [5.41, 5.74) is 1.17. The van der Waals surface area contributed by atoms with Gasteiger partial charge in [-0.25, -0.2) is 0 Å². The number of furan rings is 1. The Hall–Kier alpha value is -0.800. The molecular weight excluding hydrogens is 166 g/mol. The van der Waals surface area contributed by atoms with Crippen molar-refractivity contribution in [2.24, 2.45) is 0 Å². The lowest BCUT2D eigenvalue weighted by molar-refractivity contribution is 0.226. The predicted molar refractivity (Wildman–Crippen MR) is 49.3 cm³/mol. The van der Waals surface area contributed by atoms with Crippen LogP contribution in [0.15, 0.2) is 16.7 Å². The van der Waals surface area contributed by atoms with Crippen molar-refractivity contribution in [2.75, 3.05) is 6.61 Å². The van der Waals surface area contributed by atoms with Crippen LogP contribution in [0.3, 0.4) is 0 Å². The highest BCUT2D eigenvalue weighted by atomic mass is 16.3. The van der Waals surface area contributed by atoms with Gasteiger partial charge in [-0.15, -0.1) is 0 Å². The third-order valence-corrected chi connectivity index (χ3v) is 2.75. The van der Waals surface area contributed by atoms with E-state index in [1.807, 2.05) is 13.0 Å². The number of hydrogen-bond donors (Lipinski definition) is 2. The van der Waals surface area contributed by atoms with Gasteiger partial charge in [0.1, 0.15) is 5.76 Å². The molecule has 2 N–H and O–H groups in total.